The fraction of sp³-hybridized carbons (Fsp3) is 0.765. The normalized spacial score (nSPS) is 34.7. The van der Waals surface area contributed by atoms with Crippen molar-refractivity contribution in [2.45, 2.75) is 190 Å². The second kappa shape index (κ2) is 17.7. The molecule has 8 nitrogen and oxygen atoms in total. The summed E-state index contributed by atoms with van der Waals surface area (Å²) < 4.78 is 6.34. The van der Waals surface area contributed by atoms with Gasteiger partial charge in [0.25, 0.3) is 0 Å². The molecule has 0 bridgehead atoms. The van der Waals surface area contributed by atoms with E-state index in [4.69, 9.17) is 9.84 Å². The minimum Gasteiger partial charge on any atom is -0.480 e. The van der Waals surface area contributed by atoms with Crippen molar-refractivity contribution in [2.75, 3.05) is 6.54 Å². The Kier molecular flexibility index (Phi) is 13.6. The highest BCUT2D eigenvalue weighted by Crippen LogP contribution is 2.76. The van der Waals surface area contributed by atoms with Crippen LogP contribution >= 0.6 is 0 Å². The fourth-order valence-electron chi connectivity index (χ4n) is 13.8. The minimum atomic E-state index is -1.01. The van der Waals surface area contributed by atoms with Crippen LogP contribution in [-0.2, 0) is 19.1 Å². The van der Waals surface area contributed by atoms with Crippen molar-refractivity contribution in [3.8, 4) is 0 Å². The van der Waals surface area contributed by atoms with Gasteiger partial charge in [0.1, 0.15) is 12.1 Å². The van der Waals surface area contributed by atoms with Gasteiger partial charge in [0.2, 0.25) is 11.8 Å². The van der Waals surface area contributed by atoms with Crippen LogP contribution in [0, 0.1) is 50.2 Å². The van der Waals surface area contributed by atoms with Gasteiger partial charge in [0.15, 0.2) is 0 Å². The Labute approximate surface area is 356 Å². The van der Waals surface area contributed by atoms with E-state index >= 15 is 0 Å². The number of hydrogen-bond donors (Lipinski definition) is 3. The highest BCUT2D eigenvalue weighted by atomic mass is 16.5. The highest BCUT2D eigenvalue weighted by molar-refractivity contribution is 5.89. The van der Waals surface area contributed by atoms with Gasteiger partial charge in [-0.15, -0.1) is 0 Å². The summed E-state index contributed by atoms with van der Waals surface area (Å²) in [5, 5.41) is 15.0. The lowest BCUT2D eigenvalue weighted by molar-refractivity contribution is -0.204. The zero-order valence-electron chi connectivity index (χ0n) is 38.0. The number of carboxylic acid groups (broad SMARTS) is 1. The Balaban J connectivity index is 1.05. The number of unbranched alkanes of at least 4 members (excludes halogenated alkanes) is 7. The van der Waals surface area contributed by atoms with E-state index in [2.05, 4.69) is 65.2 Å². The van der Waals surface area contributed by atoms with Crippen molar-refractivity contribution in [3.05, 3.63) is 47.5 Å². The van der Waals surface area contributed by atoms with Gasteiger partial charge < -0.3 is 20.5 Å². The number of carboxylic acids is 1. The van der Waals surface area contributed by atoms with Gasteiger partial charge >= 0.3 is 11.9 Å². The number of carbonyl (C=O) groups is 4. The molecule has 2 amide bonds. The monoisotopic (exact) mass is 815 g/mol. The molecule has 0 aliphatic heterocycles. The van der Waals surface area contributed by atoms with Gasteiger partial charge in [-0.2, -0.15) is 0 Å². The molecule has 4 saturated carbocycles. The summed E-state index contributed by atoms with van der Waals surface area (Å²) in [6, 6.07) is 8.61. The van der Waals surface area contributed by atoms with Crippen LogP contribution in [0.4, 0.5) is 0 Å². The topological polar surface area (TPSA) is 122 Å². The Morgan fingerprint density at radius 2 is 1.42 bits per heavy atom. The third-order valence-electron chi connectivity index (χ3n) is 17.7. The van der Waals surface area contributed by atoms with Crippen molar-refractivity contribution in [1.82, 2.24) is 10.6 Å². The molecular weight excluding hydrogens is 737 g/mol. The molecule has 59 heavy (non-hydrogen) atoms. The largest absolute Gasteiger partial charge is 0.480 e. The lowest BCUT2D eigenvalue weighted by Gasteiger charge is -2.71. The predicted octanol–water partition coefficient (Wildman–Crippen LogP) is 11.2. The molecule has 8 heteroatoms. The molecular formula is C51H78N2O6. The van der Waals surface area contributed by atoms with Crippen LogP contribution in [0.2, 0.25) is 0 Å². The first-order valence-corrected chi connectivity index (χ1v) is 23.6. The van der Waals surface area contributed by atoms with Crippen molar-refractivity contribution in [1.29, 1.82) is 0 Å². The summed E-state index contributed by atoms with van der Waals surface area (Å²) in [4.78, 5) is 50.7. The molecule has 0 aromatic heterocycles. The Bertz CT molecular complexity index is 1720. The Hall–Kier alpha value is -3.16. The van der Waals surface area contributed by atoms with E-state index in [1.807, 2.05) is 30.3 Å². The minimum absolute atomic E-state index is 0.0534. The number of esters is 1. The molecule has 0 saturated heterocycles. The maximum atomic E-state index is 14.6. The third-order valence-corrected chi connectivity index (χ3v) is 17.7. The van der Waals surface area contributed by atoms with Crippen LogP contribution in [0.5, 0.6) is 0 Å². The van der Waals surface area contributed by atoms with E-state index in [0.717, 1.165) is 116 Å². The molecule has 3 unspecified atom stereocenters. The number of aliphatic carboxylic acids is 1. The summed E-state index contributed by atoms with van der Waals surface area (Å²) in [5.41, 5.74) is 2.35. The molecule has 3 N–H and O–H groups in total. The Morgan fingerprint density at radius 1 is 0.780 bits per heavy atom. The molecule has 9 atom stereocenters. The van der Waals surface area contributed by atoms with Gasteiger partial charge in [0.05, 0.1) is 11.0 Å². The van der Waals surface area contributed by atoms with Crippen molar-refractivity contribution in [3.63, 3.8) is 0 Å². The first-order chi connectivity index (χ1) is 27.8. The first-order valence-electron chi connectivity index (χ1n) is 23.6. The van der Waals surface area contributed by atoms with Crippen molar-refractivity contribution >= 4 is 23.8 Å². The van der Waals surface area contributed by atoms with Crippen LogP contribution in [-0.4, -0.2) is 47.6 Å². The molecule has 4 fully saturated rings. The molecule has 5 aliphatic carbocycles. The summed E-state index contributed by atoms with van der Waals surface area (Å²) in [6.45, 7) is 19.6. The van der Waals surface area contributed by atoms with Crippen LogP contribution in [0.1, 0.15) is 188 Å². The maximum Gasteiger partial charge on any atom is 0.338 e. The zero-order chi connectivity index (χ0) is 42.9. The van der Waals surface area contributed by atoms with Crippen molar-refractivity contribution < 1.29 is 29.0 Å². The second-order valence-electron chi connectivity index (χ2n) is 22.0. The van der Waals surface area contributed by atoms with E-state index < -0.39 is 12.0 Å². The van der Waals surface area contributed by atoms with Gasteiger partial charge in [-0.05, 0) is 136 Å². The van der Waals surface area contributed by atoms with Crippen LogP contribution < -0.4 is 10.6 Å². The maximum absolute atomic E-state index is 14.6. The number of rotatable bonds is 16. The molecule has 0 spiro atoms. The van der Waals surface area contributed by atoms with Crippen LogP contribution in [0.15, 0.2) is 42.0 Å². The summed E-state index contributed by atoms with van der Waals surface area (Å²) >= 11 is 0. The van der Waals surface area contributed by atoms with Crippen molar-refractivity contribution in [2.24, 2.45) is 50.2 Å². The molecule has 6 rings (SSSR count). The number of hydrogen-bond acceptors (Lipinski definition) is 5. The van der Waals surface area contributed by atoms with E-state index in [-0.39, 0.29) is 56.4 Å². The standard InChI is InChI=1S/C51H78N2O6/c1-35(43(55)56)53-42(54)22-18-13-11-9-10-12-14-19-33-52-45(58)51-31-29-46(2,3)34-38(51)37-23-24-40-48(6)27-26-41(59-44(57)36-20-16-15-17-21-36)47(4,5)39(48)25-28-50(40,8)49(37,7)30-32-51/h15-17,20-21,23,35,38-41H,9-14,18-19,22,24-34H2,1-8H3,(H,52,58)(H,53,54)(H,55,56)/t35-,38?,39?,40?,41-,48-,49+,50+,51-/m0/s1. The predicted molar refractivity (Wildman–Crippen MR) is 234 cm³/mol. The highest BCUT2D eigenvalue weighted by Gasteiger charge is 2.69. The van der Waals surface area contributed by atoms with E-state index in [9.17, 15) is 19.2 Å². The number of ether oxygens (including phenoxy) is 1. The average molecular weight is 815 g/mol. The number of benzene rings is 1. The van der Waals surface area contributed by atoms with Gasteiger partial charge in [0, 0.05) is 18.4 Å². The quantitative estimate of drug-likeness (QED) is 0.0868. The number of fused-ring (bicyclic) bond motifs is 7. The fourth-order valence-corrected chi connectivity index (χ4v) is 13.8. The van der Waals surface area contributed by atoms with Gasteiger partial charge in [-0.1, -0.05) is 117 Å². The van der Waals surface area contributed by atoms with Gasteiger partial charge in [-0.3, -0.25) is 14.4 Å². The zero-order valence-corrected chi connectivity index (χ0v) is 38.0. The molecule has 5 aliphatic rings. The molecule has 328 valence electrons. The Morgan fingerprint density at radius 3 is 2.10 bits per heavy atom. The molecule has 0 radical (unpaired) electrons. The van der Waals surface area contributed by atoms with Crippen LogP contribution in [0.3, 0.4) is 0 Å². The van der Waals surface area contributed by atoms with E-state index in [1.54, 1.807) is 5.57 Å². The molecule has 0 heterocycles. The lowest BCUT2D eigenvalue weighted by atomic mass is 9.33. The van der Waals surface area contributed by atoms with Gasteiger partial charge in [-0.25, -0.2) is 4.79 Å². The third kappa shape index (κ3) is 8.81. The number of nitrogens with one attached hydrogen (secondary N) is 2. The second-order valence-corrected chi connectivity index (χ2v) is 22.0. The summed E-state index contributed by atoms with van der Waals surface area (Å²) in [7, 11) is 0. The number of carbonyl (C=O) groups excluding carboxylic acids is 3. The molecule has 1 aromatic carbocycles. The van der Waals surface area contributed by atoms with Crippen LogP contribution in [0.25, 0.3) is 0 Å². The number of allylic oxidation sites excluding steroid dienone is 2. The van der Waals surface area contributed by atoms with E-state index in [0.29, 0.717) is 29.7 Å². The smallest absolute Gasteiger partial charge is 0.338 e. The number of amides is 2. The first kappa shape index (κ1) is 45.4. The summed E-state index contributed by atoms with van der Waals surface area (Å²) in [5.74, 6) is 0.202. The van der Waals surface area contributed by atoms with E-state index in [1.165, 1.54) is 13.3 Å². The average Bonchev–Trinajstić information content (AvgIpc) is 3.18. The molecule has 1 aromatic rings. The SMILES string of the molecule is C[C@H](NC(=O)CCCCCCCCCCNC(=O)[C@]12CCC(C)(C)CC1C1=CCC3[C@@]4(C)CC[C@H](OC(=O)c5ccccc5)C(C)(C)C4CC[C@@]3(C)[C@]1(C)CC2)C(=O)O. The summed E-state index contributed by atoms with van der Waals surface area (Å²) in [6.07, 6.45) is 21.9. The lowest BCUT2D eigenvalue weighted by Crippen LogP contribution is -2.65.